The third-order valence-corrected chi connectivity index (χ3v) is 4.78. The number of nitrogens with one attached hydrogen (secondary N) is 2. The van der Waals surface area contributed by atoms with Crippen molar-refractivity contribution < 1.29 is 9.21 Å². The molecule has 2 saturated carbocycles. The molecule has 4 unspecified atom stereocenters. The van der Waals surface area contributed by atoms with Gasteiger partial charge in [-0.05, 0) is 30.9 Å². The number of imidazole rings is 1. The van der Waals surface area contributed by atoms with Gasteiger partial charge in [0.2, 0.25) is 11.9 Å². The topological polar surface area (TPSA) is 118 Å². The molecule has 2 aromatic rings. The zero-order valence-electron chi connectivity index (χ0n) is 13.0. The highest BCUT2D eigenvalue weighted by Crippen LogP contribution is 2.52. The maximum Gasteiger partial charge on any atom is 0.230 e. The lowest BCUT2D eigenvalue weighted by molar-refractivity contribution is -0.117. The number of carbonyl (C=O) groups is 1. The number of nitriles is 2. The fourth-order valence-electron chi connectivity index (χ4n) is 3.09. The Labute approximate surface area is 138 Å². The Morgan fingerprint density at radius 3 is 2.58 bits per heavy atom. The summed E-state index contributed by atoms with van der Waals surface area (Å²) in [5.41, 5.74) is 0.0313. The number of hydrogen-bond donors (Lipinski definition) is 2. The van der Waals surface area contributed by atoms with Crippen molar-refractivity contribution in [3.63, 3.8) is 0 Å². The van der Waals surface area contributed by atoms with E-state index in [1.165, 1.54) is 6.42 Å². The van der Waals surface area contributed by atoms with Crippen LogP contribution in [0.4, 0.5) is 5.95 Å². The van der Waals surface area contributed by atoms with Crippen LogP contribution in [0.25, 0.3) is 0 Å². The maximum absolute atomic E-state index is 12.3. The molecule has 24 heavy (non-hydrogen) atoms. The molecule has 2 aliphatic rings. The lowest BCUT2D eigenvalue weighted by Gasteiger charge is -2.00. The average Bonchev–Trinajstić information content (AvgIpc) is 3.42. The molecule has 4 atom stereocenters. The molecule has 0 radical (unpaired) electrons. The van der Waals surface area contributed by atoms with Crippen LogP contribution in [0.3, 0.4) is 0 Å². The lowest BCUT2D eigenvalue weighted by atomic mass is 10.2. The van der Waals surface area contributed by atoms with Gasteiger partial charge in [-0.2, -0.15) is 10.5 Å². The second-order valence-electron chi connectivity index (χ2n) is 6.53. The highest BCUT2D eigenvalue weighted by Gasteiger charge is 2.47. The molecule has 0 spiro atoms. The quantitative estimate of drug-likeness (QED) is 0.897. The third-order valence-electron chi connectivity index (χ3n) is 4.78. The minimum Gasteiger partial charge on any atom is -0.465 e. The molecule has 7 heteroatoms. The van der Waals surface area contributed by atoms with Gasteiger partial charge in [0.1, 0.15) is 23.7 Å². The van der Waals surface area contributed by atoms with Gasteiger partial charge in [-0.15, -0.1) is 0 Å². The van der Waals surface area contributed by atoms with Gasteiger partial charge in [-0.3, -0.25) is 10.1 Å². The minimum absolute atomic E-state index is 0.0191. The van der Waals surface area contributed by atoms with Crippen LogP contribution in [-0.2, 0) is 4.79 Å². The van der Waals surface area contributed by atoms with Crippen LogP contribution < -0.4 is 5.32 Å². The highest BCUT2D eigenvalue weighted by molar-refractivity contribution is 5.93. The SMILES string of the molecule is CC1CC1c1ccc(C2CC2C(=O)Nc2nc(C#N)c(C#N)[nH]2)o1. The molecule has 2 aromatic heterocycles. The average molecular weight is 321 g/mol. The van der Waals surface area contributed by atoms with Gasteiger partial charge in [0.15, 0.2) is 11.4 Å². The van der Waals surface area contributed by atoms with E-state index in [1.807, 2.05) is 24.3 Å². The number of aromatic amines is 1. The molecule has 0 bridgehead atoms. The van der Waals surface area contributed by atoms with E-state index in [0.717, 1.165) is 17.9 Å². The van der Waals surface area contributed by atoms with Gasteiger partial charge in [0, 0.05) is 17.8 Å². The molecule has 2 fully saturated rings. The molecule has 0 aliphatic heterocycles. The van der Waals surface area contributed by atoms with Crippen LogP contribution in [0.15, 0.2) is 16.5 Å². The molecular weight excluding hydrogens is 306 g/mol. The third kappa shape index (κ3) is 2.44. The zero-order valence-corrected chi connectivity index (χ0v) is 13.0. The molecule has 1 amide bonds. The number of furan rings is 1. The van der Waals surface area contributed by atoms with E-state index in [9.17, 15) is 4.79 Å². The summed E-state index contributed by atoms with van der Waals surface area (Å²) in [6.45, 7) is 2.20. The van der Waals surface area contributed by atoms with Gasteiger partial charge in [0.05, 0.1) is 0 Å². The first kappa shape index (κ1) is 14.5. The number of amides is 1. The Kier molecular flexibility index (Phi) is 3.17. The molecular formula is C17H15N5O2. The van der Waals surface area contributed by atoms with Crippen molar-refractivity contribution in [3.05, 3.63) is 35.0 Å². The fourth-order valence-corrected chi connectivity index (χ4v) is 3.09. The van der Waals surface area contributed by atoms with Crippen LogP contribution in [-0.4, -0.2) is 15.9 Å². The number of nitrogens with zero attached hydrogens (tertiary/aromatic N) is 3. The number of anilines is 1. The summed E-state index contributed by atoms with van der Waals surface area (Å²) < 4.78 is 5.90. The van der Waals surface area contributed by atoms with Crippen LogP contribution in [0.2, 0.25) is 0 Å². The number of carbonyl (C=O) groups excluding carboxylic acids is 1. The molecule has 0 aromatic carbocycles. The largest absolute Gasteiger partial charge is 0.465 e. The fraction of sp³-hybridized carbons (Fsp3) is 0.412. The van der Waals surface area contributed by atoms with Gasteiger partial charge >= 0.3 is 0 Å². The first-order chi connectivity index (χ1) is 11.6. The maximum atomic E-state index is 12.3. The molecule has 7 nitrogen and oxygen atoms in total. The van der Waals surface area contributed by atoms with E-state index in [4.69, 9.17) is 14.9 Å². The predicted molar refractivity (Wildman–Crippen MR) is 82.7 cm³/mol. The van der Waals surface area contributed by atoms with Gasteiger partial charge in [-0.1, -0.05) is 6.92 Å². The molecule has 2 aliphatic carbocycles. The molecule has 2 heterocycles. The second-order valence-corrected chi connectivity index (χ2v) is 6.53. The highest BCUT2D eigenvalue weighted by atomic mass is 16.3. The summed E-state index contributed by atoms with van der Waals surface area (Å²) >= 11 is 0. The zero-order chi connectivity index (χ0) is 16.8. The lowest BCUT2D eigenvalue weighted by Crippen LogP contribution is -2.15. The van der Waals surface area contributed by atoms with Crippen LogP contribution in [0.1, 0.15) is 54.5 Å². The Bertz CT molecular complexity index is 865. The second kappa shape index (κ2) is 5.24. The van der Waals surface area contributed by atoms with Crippen molar-refractivity contribution in [1.82, 2.24) is 9.97 Å². The Balaban J connectivity index is 1.40. The van der Waals surface area contributed by atoms with E-state index in [0.29, 0.717) is 11.8 Å². The van der Waals surface area contributed by atoms with Crippen molar-refractivity contribution in [3.8, 4) is 12.1 Å². The van der Waals surface area contributed by atoms with E-state index in [1.54, 1.807) is 0 Å². The van der Waals surface area contributed by atoms with E-state index >= 15 is 0 Å². The van der Waals surface area contributed by atoms with Crippen LogP contribution in [0.5, 0.6) is 0 Å². The Hall–Kier alpha value is -3.06. The minimum atomic E-state index is -0.180. The Morgan fingerprint density at radius 1 is 1.29 bits per heavy atom. The monoisotopic (exact) mass is 321 g/mol. The number of H-pyrrole nitrogens is 1. The van der Waals surface area contributed by atoms with E-state index in [2.05, 4.69) is 22.2 Å². The van der Waals surface area contributed by atoms with Gasteiger partial charge < -0.3 is 9.40 Å². The van der Waals surface area contributed by atoms with Gasteiger partial charge in [0.25, 0.3) is 0 Å². The first-order valence-electron chi connectivity index (χ1n) is 7.91. The summed E-state index contributed by atoms with van der Waals surface area (Å²) in [6.07, 6.45) is 1.90. The van der Waals surface area contributed by atoms with Crippen molar-refractivity contribution in [1.29, 1.82) is 10.5 Å². The molecule has 120 valence electrons. The van der Waals surface area contributed by atoms with Gasteiger partial charge in [-0.25, -0.2) is 4.98 Å². The molecule has 4 rings (SSSR count). The van der Waals surface area contributed by atoms with Crippen molar-refractivity contribution in [2.24, 2.45) is 11.8 Å². The summed E-state index contributed by atoms with van der Waals surface area (Å²) in [5.74, 6) is 2.97. The number of rotatable bonds is 4. The number of hydrogen-bond acceptors (Lipinski definition) is 5. The predicted octanol–water partition coefficient (Wildman–Crippen LogP) is 2.61. The van der Waals surface area contributed by atoms with Crippen molar-refractivity contribution >= 4 is 11.9 Å². The van der Waals surface area contributed by atoms with E-state index in [-0.39, 0.29) is 35.1 Å². The Morgan fingerprint density at radius 2 is 2.00 bits per heavy atom. The standard InChI is InChI=1S/C17H15N5O2/c1-8-4-9(8)14-2-3-15(24-14)10-5-11(10)16(23)22-17-20-12(6-18)13(7-19)21-17/h2-3,8-11H,4-5H2,1H3,(H2,20,21,22,23). The van der Waals surface area contributed by atoms with Crippen molar-refractivity contribution in [2.45, 2.75) is 31.6 Å². The summed E-state index contributed by atoms with van der Waals surface area (Å²) in [4.78, 5) is 18.8. The first-order valence-corrected chi connectivity index (χ1v) is 7.91. The summed E-state index contributed by atoms with van der Waals surface area (Å²) in [5, 5.41) is 20.4. The van der Waals surface area contributed by atoms with Crippen molar-refractivity contribution in [2.75, 3.05) is 5.32 Å². The molecule has 2 N–H and O–H groups in total. The van der Waals surface area contributed by atoms with Crippen LogP contribution in [0, 0.1) is 34.5 Å². The normalized spacial score (nSPS) is 27.1. The summed E-state index contributed by atoms with van der Waals surface area (Å²) in [6, 6.07) is 7.63. The number of aromatic nitrogens is 2. The molecule has 0 saturated heterocycles. The smallest absolute Gasteiger partial charge is 0.230 e. The summed E-state index contributed by atoms with van der Waals surface area (Å²) in [7, 11) is 0. The van der Waals surface area contributed by atoms with Crippen LogP contribution >= 0.6 is 0 Å². The van der Waals surface area contributed by atoms with E-state index < -0.39 is 0 Å².